The van der Waals surface area contributed by atoms with Crippen molar-refractivity contribution in [3.63, 3.8) is 0 Å². The smallest absolute Gasteiger partial charge is 0.294 e. The van der Waals surface area contributed by atoms with Crippen LogP contribution in [-0.4, -0.2) is 51.5 Å². The van der Waals surface area contributed by atoms with Crippen molar-refractivity contribution in [2.45, 2.75) is 6.10 Å². The van der Waals surface area contributed by atoms with Gasteiger partial charge in [-0.15, -0.1) is 0 Å². The van der Waals surface area contributed by atoms with Gasteiger partial charge >= 0.3 is 0 Å². The molecule has 9 heteroatoms. The van der Waals surface area contributed by atoms with Crippen LogP contribution in [0.4, 0.5) is 5.69 Å². The molecule has 1 fully saturated rings. The molecule has 1 aliphatic heterocycles. The summed E-state index contributed by atoms with van der Waals surface area (Å²) in [5, 5.41) is 30.7. The SMILES string of the molecule is O=C(NCC1CNCC1O)c1ccn(-c2ccccc2[N+](=O)[O-])n1. The topological polar surface area (TPSA) is 122 Å². The van der Waals surface area contributed by atoms with E-state index in [1.165, 1.54) is 23.0 Å². The van der Waals surface area contributed by atoms with Crippen molar-refractivity contribution < 1.29 is 14.8 Å². The van der Waals surface area contributed by atoms with Gasteiger partial charge in [0, 0.05) is 37.8 Å². The van der Waals surface area contributed by atoms with Gasteiger partial charge in [-0.2, -0.15) is 5.10 Å². The van der Waals surface area contributed by atoms with Gasteiger partial charge in [-0.05, 0) is 12.1 Å². The van der Waals surface area contributed by atoms with E-state index in [1.54, 1.807) is 18.2 Å². The standard InChI is InChI=1S/C15H17N5O4/c21-14-9-16-7-10(14)8-17-15(22)11-5-6-19(18-11)12-3-1-2-4-13(12)20(23)24/h1-6,10,14,16,21H,7-9H2,(H,17,22). The van der Waals surface area contributed by atoms with Crippen LogP contribution in [0, 0.1) is 16.0 Å². The van der Waals surface area contributed by atoms with Crippen molar-refractivity contribution in [1.29, 1.82) is 0 Å². The van der Waals surface area contributed by atoms with E-state index in [-0.39, 0.29) is 28.9 Å². The van der Waals surface area contributed by atoms with Crippen LogP contribution < -0.4 is 10.6 Å². The fourth-order valence-electron chi connectivity index (χ4n) is 2.63. The average Bonchev–Trinajstić information content (AvgIpc) is 3.22. The number of nitro groups is 1. The van der Waals surface area contributed by atoms with Crippen LogP contribution in [0.3, 0.4) is 0 Å². The van der Waals surface area contributed by atoms with Crippen molar-refractivity contribution >= 4 is 11.6 Å². The van der Waals surface area contributed by atoms with Crippen LogP contribution in [-0.2, 0) is 0 Å². The quantitative estimate of drug-likeness (QED) is 0.527. The Bertz CT molecular complexity index is 760. The van der Waals surface area contributed by atoms with Crippen LogP contribution >= 0.6 is 0 Å². The zero-order valence-corrected chi connectivity index (χ0v) is 12.8. The first-order valence-electron chi connectivity index (χ1n) is 7.52. The first kappa shape index (κ1) is 16.1. The van der Waals surface area contributed by atoms with E-state index in [0.717, 1.165) is 0 Å². The maximum Gasteiger partial charge on any atom is 0.294 e. The van der Waals surface area contributed by atoms with Crippen LogP contribution in [0.5, 0.6) is 0 Å². The number of aliphatic hydroxyl groups excluding tert-OH is 1. The predicted octanol–water partition coefficient (Wildman–Crippen LogP) is 0.0906. The first-order chi connectivity index (χ1) is 11.6. The number of hydrogen-bond acceptors (Lipinski definition) is 6. The molecule has 0 aliphatic carbocycles. The van der Waals surface area contributed by atoms with E-state index in [4.69, 9.17) is 0 Å². The molecule has 0 saturated carbocycles. The lowest BCUT2D eigenvalue weighted by atomic mass is 10.1. The molecule has 1 amide bonds. The van der Waals surface area contributed by atoms with Gasteiger partial charge in [0.05, 0.1) is 11.0 Å². The minimum absolute atomic E-state index is 0.0359. The lowest BCUT2D eigenvalue weighted by molar-refractivity contribution is -0.384. The Hall–Kier alpha value is -2.78. The fraction of sp³-hybridized carbons (Fsp3) is 0.333. The molecule has 126 valence electrons. The van der Waals surface area contributed by atoms with Crippen LogP contribution in [0.1, 0.15) is 10.5 Å². The summed E-state index contributed by atoms with van der Waals surface area (Å²) >= 11 is 0. The molecule has 3 N–H and O–H groups in total. The Morgan fingerprint density at radius 1 is 1.42 bits per heavy atom. The van der Waals surface area contributed by atoms with Crippen LogP contribution in [0.25, 0.3) is 5.69 Å². The number of aliphatic hydroxyl groups is 1. The Balaban J connectivity index is 1.71. The summed E-state index contributed by atoms with van der Waals surface area (Å²) in [6, 6.07) is 7.67. The highest BCUT2D eigenvalue weighted by atomic mass is 16.6. The Kier molecular flexibility index (Phi) is 4.54. The molecule has 1 aromatic carbocycles. The van der Waals surface area contributed by atoms with E-state index < -0.39 is 11.0 Å². The largest absolute Gasteiger partial charge is 0.391 e. The number of hydrogen-bond donors (Lipinski definition) is 3. The zero-order chi connectivity index (χ0) is 17.1. The number of aromatic nitrogens is 2. The van der Waals surface area contributed by atoms with Crippen LogP contribution in [0.2, 0.25) is 0 Å². The summed E-state index contributed by atoms with van der Waals surface area (Å²) in [6.07, 6.45) is 1.03. The maximum absolute atomic E-state index is 12.1. The normalized spacial score (nSPS) is 20.0. The fourth-order valence-corrected chi connectivity index (χ4v) is 2.63. The summed E-state index contributed by atoms with van der Waals surface area (Å²) < 4.78 is 1.30. The van der Waals surface area contributed by atoms with Crippen LogP contribution in [0.15, 0.2) is 36.5 Å². The lowest BCUT2D eigenvalue weighted by Crippen LogP contribution is -2.34. The highest BCUT2D eigenvalue weighted by Crippen LogP contribution is 2.21. The third-order valence-electron chi connectivity index (χ3n) is 3.98. The molecule has 24 heavy (non-hydrogen) atoms. The molecule has 0 bridgehead atoms. The van der Waals surface area contributed by atoms with Crippen molar-refractivity contribution in [3.8, 4) is 5.69 Å². The van der Waals surface area contributed by atoms with Gasteiger partial charge in [0.1, 0.15) is 5.69 Å². The van der Waals surface area contributed by atoms with Crippen molar-refractivity contribution in [2.24, 2.45) is 5.92 Å². The molecule has 3 rings (SSSR count). The van der Waals surface area contributed by atoms with E-state index in [0.29, 0.717) is 19.6 Å². The average molecular weight is 331 g/mol. The van der Waals surface area contributed by atoms with E-state index in [2.05, 4.69) is 15.7 Å². The summed E-state index contributed by atoms with van der Waals surface area (Å²) in [6.45, 7) is 1.50. The Morgan fingerprint density at radius 3 is 2.92 bits per heavy atom. The molecule has 1 saturated heterocycles. The molecule has 0 spiro atoms. The minimum Gasteiger partial charge on any atom is -0.391 e. The molecule has 1 aromatic heterocycles. The molecule has 0 radical (unpaired) electrons. The molecule has 1 aliphatic rings. The predicted molar refractivity (Wildman–Crippen MR) is 84.9 cm³/mol. The number of rotatable bonds is 5. The van der Waals surface area contributed by atoms with Gasteiger partial charge in [0.2, 0.25) is 0 Å². The number of benzene rings is 1. The molecule has 2 heterocycles. The van der Waals surface area contributed by atoms with E-state index >= 15 is 0 Å². The van der Waals surface area contributed by atoms with Gasteiger partial charge in [0.15, 0.2) is 5.69 Å². The number of nitro benzene ring substituents is 1. The van der Waals surface area contributed by atoms with Crippen molar-refractivity contribution in [1.82, 2.24) is 20.4 Å². The van der Waals surface area contributed by atoms with Gasteiger partial charge in [-0.1, -0.05) is 12.1 Å². The van der Waals surface area contributed by atoms with E-state index in [9.17, 15) is 20.0 Å². The van der Waals surface area contributed by atoms with E-state index in [1.807, 2.05) is 0 Å². The third-order valence-corrected chi connectivity index (χ3v) is 3.98. The summed E-state index contributed by atoms with van der Waals surface area (Å²) in [5.74, 6) is -0.419. The van der Waals surface area contributed by atoms with Gasteiger partial charge in [0.25, 0.3) is 11.6 Å². The third kappa shape index (κ3) is 3.26. The number of amides is 1. The number of carbonyl (C=O) groups excluding carboxylic acids is 1. The molecule has 9 nitrogen and oxygen atoms in total. The number of para-hydroxylation sites is 2. The van der Waals surface area contributed by atoms with Gasteiger partial charge in [-0.25, -0.2) is 4.68 Å². The highest BCUT2D eigenvalue weighted by Gasteiger charge is 2.25. The second-order valence-electron chi connectivity index (χ2n) is 5.59. The first-order valence-corrected chi connectivity index (χ1v) is 7.52. The van der Waals surface area contributed by atoms with Crippen molar-refractivity contribution in [2.75, 3.05) is 19.6 Å². The summed E-state index contributed by atoms with van der Waals surface area (Å²) in [4.78, 5) is 22.7. The number of carbonyl (C=O) groups is 1. The molecule has 2 aromatic rings. The molecule has 2 atom stereocenters. The maximum atomic E-state index is 12.1. The van der Waals surface area contributed by atoms with Gasteiger partial charge < -0.3 is 15.7 Å². The monoisotopic (exact) mass is 331 g/mol. The second-order valence-corrected chi connectivity index (χ2v) is 5.59. The number of β-amino-alcohol motifs (C(OH)–C–C–N with tert-alkyl or cyclic N) is 1. The van der Waals surface area contributed by atoms with Crippen molar-refractivity contribution in [3.05, 3.63) is 52.3 Å². The molecular weight excluding hydrogens is 314 g/mol. The number of nitrogens with one attached hydrogen (secondary N) is 2. The zero-order valence-electron chi connectivity index (χ0n) is 12.8. The Labute approximate surface area is 137 Å². The summed E-state index contributed by atoms with van der Waals surface area (Å²) in [5.41, 5.74) is 0.360. The highest BCUT2D eigenvalue weighted by molar-refractivity contribution is 5.92. The molecular formula is C15H17N5O4. The minimum atomic E-state index is -0.495. The second kappa shape index (κ2) is 6.77. The Morgan fingerprint density at radius 2 is 2.21 bits per heavy atom. The lowest BCUT2D eigenvalue weighted by Gasteiger charge is -2.13. The van der Waals surface area contributed by atoms with Gasteiger partial charge in [-0.3, -0.25) is 14.9 Å². The summed E-state index contributed by atoms with van der Waals surface area (Å²) in [7, 11) is 0. The number of nitrogens with zero attached hydrogens (tertiary/aromatic N) is 3. The molecule has 2 unspecified atom stereocenters.